The Morgan fingerprint density at radius 3 is 3.00 bits per heavy atom. The van der Waals surface area contributed by atoms with Gasteiger partial charge in [-0.2, -0.15) is 0 Å². The first-order valence-electron chi connectivity index (χ1n) is 4.32. The molecule has 0 amide bonds. The lowest BCUT2D eigenvalue weighted by Gasteiger charge is -1.92. The number of halogens is 1. The van der Waals surface area contributed by atoms with Gasteiger partial charge in [-0.3, -0.25) is 0 Å². The molecular formula is C11H9BrN2. The van der Waals surface area contributed by atoms with Crippen LogP contribution in [-0.4, -0.2) is 4.98 Å². The van der Waals surface area contributed by atoms with Crippen LogP contribution in [0.4, 0.5) is 0 Å². The summed E-state index contributed by atoms with van der Waals surface area (Å²) in [5.41, 5.74) is 3.30. The predicted octanol–water partition coefficient (Wildman–Crippen LogP) is 3.66. The SMILES string of the molecule is [C-]#[N+]Cc1c(C)[nH]c2cc(Br)ccc12. The molecule has 0 aliphatic carbocycles. The van der Waals surface area contributed by atoms with Gasteiger partial charge in [0.05, 0.1) is 5.56 Å². The molecule has 0 fully saturated rings. The molecule has 3 heteroatoms. The minimum Gasteiger partial charge on any atom is -0.358 e. The smallest absolute Gasteiger partial charge is 0.242 e. The van der Waals surface area contributed by atoms with E-state index in [1.54, 1.807) is 0 Å². The molecule has 1 heterocycles. The molecule has 0 radical (unpaired) electrons. The van der Waals surface area contributed by atoms with Gasteiger partial charge in [-0.1, -0.05) is 22.0 Å². The minimum atomic E-state index is 0.452. The number of nitrogens with zero attached hydrogens (tertiary/aromatic N) is 1. The van der Waals surface area contributed by atoms with Crippen LogP contribution in [0.15, 0.2) is 22.7 Å². The predicted molar refractivity (Wildman–Crippen MR) is 61.0 cm³/mol. The van der Waals surface area contributed by atoms with Crippen LogP contribution in [0.2, 0.25) is 0 Å². The molecule has 2 nitrogen and oxygen atoms in total. The normalized spacial score (nSPS) is 10.4. The highest BCUT2D eigenvalue weighted by Crippen LogP contribution is 2.25. The Kier molecular flexibility index (Phi) is 2.30. The van der Waals surface area contributed by atoms with E-state index >= 15 is 0 Å². The van der Waals surface area contributed by atoms with Crippen molar-refractivity contribution in [2.24, 2.45) is 0 Å². The Bertz CT molecular complexity index is 520. The number of fused-ring (bicyclic) bond motifs is 1. The highest BCUT2D eigenvalue weighted by atomic mass is 79.9. The van der Waals surface area contributed by atoms with E-state index in [4.69, 9.17) is 6.57 Å². The van der Waals surface area contributed by atoms with Crippen molar-refractivity contribution in [3.8, 4) is 0 Å². The van der Waals surface area contributed by atoms with Crippen molar-refractivity contribution >= 4 is 26.8 Å². The maximum Gasteiger partial charge on any atom is 0.242 e. The van der Waals surface area contributed by atoms with Gasteiger partial charge in [-0.25, -0.2) is 6.57 Å². The summed E-state index contributed by atoms with van der Waals surface area (Å²) < 4.78 is 1.06. The molecule has 2 rings (SSSR count). The summed E-state index contributed by atoms with van der Waals surface area (Å²) in [5.74, 6) is 0. The molecule has 1 N–H and O–H groups in total. The third kappa shape index (κ3) is 1.42. The molecule has 0 aliphatic heterocycles. The fourth-order valence-corrected chi connectivity index (χ4v) is 2.01. The van der Waals surface area contributed by atoms with Crippen molar-refractivity contribution in [1.29, 1.82) is 0 Å². The van der Waals surface area contributed by atoms with Crippen molar-refractivity contribution in [1.82, 2.24) is 4.98 Å². The second-order valence-electron chi connectivity index (χ2n) is 3.23. The number of rotatable bonds is 1. The van der Waals surface area contributed by atoms with Crippen LogP contribution >= 0.6 is 15.9 Å². The molecule has 0 aliphatic rings. The first-order valence-corrected chi connectivity index (χ1v) is 5.11. The molecule has 0 bridgehead atoms. The zero-order valence-electron chi connectivity index (χ0n) is 7.76. The van der Waals surface area contributed by atoms with E-state index in [9.17, 15) is 0 Å². The third-order valence-electron chi connectivity index (χ3n) is 2.32. The van der Waals surface area contributed by atoms with E-state index in [-0.39, 0.29) is 0 Å². The average molecular weight is 249 g/mol. The molecule has 0 saturated carbocycles. The van der Waals surface area contributed by atoms with Gasteiger partial charge in [0.15, 0.2) is 0 Å². The Balaban J connectivity index is 2.72. The maximum atomic E-state index is 6.89. The number of aromatic amines is 1. The van der Waals surface area contributed by atoms with Crippen LogP contribution in [-0.2, 0) is 6.54 Å². The summed E-state index contributed by atoms with van der Waals surface area (Å²) in [6.07, 6.45) is 0. The number of aryl methyl sites for hydroxylation is 1. The molecule has 0 unspecified atom stereocenters. The Hall–Kier alpha value is -1.27. The van der Waals surface area contributed by atoms with Crippen LogP contribution in [0.25, 0.3) is 15.7 Å². The van der Waals surface area contributed by atoms with Gasteiger partial charge in [0, 0.05) is 21.1 Å². The molecule has 14 heavy (non-hydrogen) atoms. The quantitative estimate of drug-likeness (QED) is 0.744. The summed E-state index contributed by atoms with van der Waals surface area (Å²) >= 11 is 3.42. The lowest BCUT2D eigenvalue weighted by molar-refractivity contribution is 1.19. The van der Waals surface area contributed by atoms with E-state index in [1.807, 2.05) is 25.1 Å². The molecule has 0 atom stereocenters. The highest BCUT2D eigenvalue weighted by Gasteiger charge is 2.09. The van der Waals surface area contributed by atoms with E-state index in [0.717, 1.165) is 26.6 Å². The van der Waals surface area contributed by atoms with Crippen molar-refractivity contribution in [2.45, 2.75) is 13.5 Å². The topological polar surface area (TPSA) is 20.1 Å². The van der Waals surface area contributed by atoms with Gasteiger partial charge >= 0.3 is 0 Å². The highest BCUT2D eigenvalue weighted by molar-refractivity contribution is 9.10. The van der Waals surface area contributed by atoms with Gasteiger partial charge in [0.2, 0.25) is 6.54 Å². The van der Waals surface area contributed by atoms with Crippen LogP contribution in [0.5, 0.6) is 0 Å². The van der Waals surface area contributed by atoms with Crippen molar-refractivity contribution in [2.75, 3.05) is 0 Å². The lowest BCUT2D eigenvalue weighted by Crippen LogP contribution is -1.80. The van der Waals surface area contributed by atoms with Gasteiger partial charge in [0.25, 0.3) is 0 Å². The molecule has 0 spiro atoms. The fourth-order valence-electron chi connectivity index (χ4n) is 1.65. The summed E-state index contributed by atoms with van der Waals surface area (Å²) in [6.45, 7) is 9.36. The van der Waals surface area contributed by atoms with Crippen molar-refractivity contribution in [3.63, 3.8) is 0 Å². The number of hydrogen-bond donors (Lipinski definition) is 1. The first-order chi connectivity index (χ1) is 6.72. The summed E-state index contributed by atoms with van der Waals surface area (Å²) in [7, 11) is 0. The Labute approximate surface area is 90.9 Å². The fraction of sp³-hybridized carbons (Fsp3) is 0.182. The first kappa shape index (κ1) is 9.29. The third-order valence-corrected chi connectivity index (χ3v) is 2.81. The van der Waals surface area contributed by atoms with E-state index in [1.165, 1.54) is 0 Å². The zero-order valence-corrected chi connectivity index (χ0v) is 9.35. The zero-order chi connectivity index (χ0) is 10.1. The van der Waals surface area contributed by atoms with Crippen molar-refractivity contribution < 1.29 is 0 Å². The van der Waals surface area contributed by atoms with Crippen LogP contribution in [0, 0.1) is 13.5 Å². The standard InChI is InChI=1S/C11H9BrN2/c1-7-10(6-13-2)9-4-3-8(12)5-11(9)14-7/h3-5,14H,6H2,1H3. The summed E-state index contributed by atoms with van der Waals surface area (Å²) in [6, 6.07) is 6.09. The lowest BCUT2D eigenvalue weighted by atomic mass is 10.1. The molecule has 1 aromatic carbocycles. The molecular weight excluding hydrogens is 240 g/mol. The van der Waals surface area contributed by atoms with E-state index < -0.39 is 0 Å². The van der Waals surface area contributed by atoms with Gasteiger partial charge in [-0.15, -0.1) is 0 Å². The second kappa shape index (κ2) is 3.47. The number of benzene rings is 1. The van der Waals surface area contributed by atoms with E-state index in [0.29, 0.717) is 6.54 Å². The van der Waals surface area contributed by atoms with Crippen LogP contribution < -0.4 is 0 Å². The second-order valence-corrected chi connectivity index (χ2v) is 4.15. The number of nitrogens with one attached hydrogen (secondary N) is 1. The molecule has 70 valence electrons. The van der Waals surface area contributed by atoms with Crippen molar-refractivity contribution in [3.05, 3.63) is 45.3 Å². The van der Waals surface area contributed by atoms with Gasteiger partial charge in [-0.05, 0) is 19.1 Å². The van der Waals surface area contributed by atoms with Gasteiger partial charge in [0.1, 0.15) is 0 Å². The molecule has 2 aromatic rings. The number of hydrogen-bond acceptors (Lipinski definition) is 0. The monoisotopic (exact) mass is 248 g/mol. The average Bonchev–Trinajstić information content (AvgIpc) is 2.43. The summed E-state index contributed by atoms with van der Waals surface area (Å²) in [4.78, 5) is 6.71. The van der Waals surface area contributed by atoms with Crippen LogP contribution in [0.3, 0.4) is 0 Å². The van der Waals surface area contributed by atoms with E-state index in [2.05, 4.69) is 25.8 Å². The van der Waals surface area contributed by atoms with Crippen LogP contribution in [0.1, 0.15) is 11.3 Å². The van der Waals surface area contributed by atoms with Gasteiger partial charge < -0.3 is 9.83 Å². The number of H-pyrrole nitrogens is 1. The Morgan fingerprint density at radius 1 is 1.50 bits per heavy atom. The maximum absolute atomic E-state index is 6.89. The molecule has 1 aromatic heterocycles. The largest absolute Gasteiger partial charge is 0.358 e. The minimum absolute atomic E-state index is 0.452. The molecule has 0 saturated heterocycles. The Morgan fingerprint density at radius 2 is 2.29 bits per heavy atom. The summed E-state index contributed by atoms with van der Waals surface area (Å²) in [5, 5.41) is 1.15. The number of aromatic nitrogens is 1.